The monoisotopic (exact) mass is 342 g/mol. The van der Waals surface area contributed by atoms with Gasteiger partial charge in [-0.2, -0.15) is 5.10 Å². The molecule has 1 heterocycles. The third kappa shape index (κ3) is 2.76. The first-order valence-electron chi connectivity index (χ1n) is 4.92. The number of nitrogen functional groups attached to an aromatic ring is 1. The lowest BCUT2D eigenvalue weighted by atomic mass is 10.3. The molecule has 1 aromatic carbocycles. The molecule has 5 nitrogen and oxygen atoms in total. The predicted molar refractivity (Wildman–Crippen MR) is 74.7 cm³/mol. The largest absolute Gasteiger partial charge is 0.396 e. The van der Waals surface area contributed by atoms with Gasteiger partial charge in [-0.05, 0) is 46.9 Å². The van der Waals surface area contributed by atoms with Gasteiger partial charge >= 0.3 is 0 Å². The summed E-state index contributed by atoms with van der Waals surface area (Å²) >= 11 is 2.20. The highest BCUT2D eigenvalue weighted by molar-refractivity contribution is 14.1. The molecule has 6 heteroatoms. The van der Waals surface area contributed by atoms with Crippen molar-refractivity contribution in [1.82, 2.24) is 9.78 Å². The Morgan fingerprint density at radius 1 is 1.41 bits per heavy atom. The summed E-state index contributed by atoms with van der Waals surface area (Å²) in [6.07, 6.45) is 1.60. The molecule has 2 aromatic rings. The second kappa shape index (κ2) is 4.74. The molecule has 2 rings (SSSR count). The Hall–Kier alpha value is -1.57. The van der Waals surface area contributed by atoms with E-state index in [1.807, 2.05) is 24.3 Å². The van der Waals surface area contributed by atoms with E-state index >= 15 is 0 Å². The summed E-state index contributed by atoms with van der Waals surface area (Å²) in [4.78, 5) is 11.9. The maximum Gasteiger partial charge on any atom is 0.278 e. The van der Waals surface area contributed by atoms with Gasteiger partial charge in [0, 0.05) is 22.5 Å². The number of halogens is 1. The Bertz CT molecular complexity index is 547. The normalized spacial score (nSPS) is 10.2. The minimum absolute atomic E-state index is 0.242. The molecule has 17 heavy (non-hydrogen) atoms. The van der Waals surface area contributed by atoms with E-state index in [1.165, 1.54) is 4.68 Å². The van der Waals surface area contributed by atoms with E-state index in [0.29, 0.717) is 5.69 Å². The zero-order valence-corrected chi connectivity index (χ0v) is 11.3. The fourth-order valence-electron chi connectivity index (χ4n) is 1.41. The third-order valence-corrected chi connectivity index (χ3v) is 2.89. The van der Waals surface area contributed by atoms with E-state index < -0.39 is 0 Å². The topological polar surface area (TPSA) is 72.9 Å². The Balaban J connectivity index is 2.17. The lowest BCUT2D eigenvalue weighted by Gasteiger charge is -2.03. The zero-order chi connectivity index (χ0) is 12.4. The maximum atomic E-state index is 11.9. The van der Waals surface area contributed by atoms with Crippen LogP contribution in [0.25, 0.3) is 0 Å². The molecule has 0 atom stereocenters. The van der Waals surface area contributed by atoms with E-state index in [9.17, 15) is 4.79 Å². The number of rotatable bonds is 2. The fraction of sp³-hybridized carbons (Fsp3) is 0.0909. The SMILES string of the molecule is Cn1cc(N)c(C(=O)Nc2ccc(I)cc2)n1. The summed E-state index contributed by atoms with van der Waals surface area (Å²) < 4.78 is 2.62. The molecular formula is C11H11IN4O. The first-order chi connectivity index (χ1) is 8.06. The van der Waals surface area contributed by atoms with Crippen LogP contribution in [-0.4, -0.2) is 15.7 Å². The molecule has 0 bridgehead atoms. The summed E-state index contributed by atoms with van der Waals surface area (Å²) in [7, 11) is 1.72. The van der Waals surface area contributed by atoms with Crippen molar-refractivity contribution < 1.29 is 4.79 Å². The first kappa shape index (κ1) is 11.9. The first-order valence-corrected chi connectivity index (χ1v) is 6.00. The number of amides is 1. The van der Waals surface area contributed by atoms with Gasteiger partial charge in [0.15, 0.2) is 5.69 Å². The average molecular weight is 342 g/mol. The van der Waals surface area contributed by atoms with E-state index in [-0.39, 0.29) is 11.6 Å². The lowest BCUT2D eigenvalue weighted by Crippen LogP contribution is -2.14. The van der Waals surface area contributed by atoms with Crippen molar-refractivity contribution in [3.05, 3.63) is 39.7 Å². The van der Waals surface area contributed by atoms with Crippen LogP contribution in [0.1, 0.15) is 10.5 Å². The number of hydrogen-bond donors (Lipinski definition) is 2. The molecule has 0 radical (unpaired) electrons. The van der Waals surface area contributed by atoms with Gasteiger partial charge in [0.05, 0.1) is 5.69 Å². The van der Waals surface area contributed by atoms with E-state index in [4.69, 9.17) is 5.73 Å². The van der Waals surface area contributed by atoms with Crippen molar-refractivity contribution in [2.24, 2.45) is 7.05 Å². The molecular weight excluding hydrogens is 331 g/mol. The maximum absolute atomic E-state index is 11.9. The summed E-state index contributed by atoms with van der Waals surface area (Å²) in [6, 6.07) is 7.49. The number of hydrogen-bond acceptors (Lipinski definition) is 3. The summed E-state index contributed by atoms with van der Waals surface area (Å²) in [5, 5.41) is 6.74. The molecule has 3 N–H and O–H groups in total. The number of anilines is 2. The minimum atomic E-state index is -0.302. The Morgan fingerprint density at radius 2 is 2.06 bits per heavy atom. The summed E-state index contributed by atoms with van der Waals surface area (Å²) in [5.41, 5.74) is 7.01. The highest BCUT2D eigenvalue weighted by Crippen LogP contribution is 2.14. The van der Waals surface area contributed by atoms with Crippen LogP contribution in [0.2, 0.25) is 0 Å². The lowest BCUT2D eigenvalue weighted by molar-refractivity contribution is 0.102. The Morgan fingerprint density at radius 3 is 2.59 bits per heavy atom. The van der Waals surface area contributed by atoms with Gasteiger partial charge in [-0.3, -0.25) is 9.48 Å². The Kier molecular flexibility index (Phi) is 3.32. The number of benzene rings is 1. The van der Waals surface area contributed by atoms with Gasteiger partial charge in [0.25, 0.3) is 5.91 Å². The van der Waals surface area contributed by atoms with Gasteiger partial charge in [-0.25, -0.2) is 0 Å². The standard InChI is InChI=1S/C11H11IN4O/c1-16-6-9(13)10(15-16)11(17)14-8-4-2-7(12)3-5-8/h2-6H,13H2,1H3,(H,14,17). The minimum Gasteiger partial charge on any atom is -0.396 e. The number of nitrogens with one attached hydrogen (secondary N) is 1. The Labute approximate surface area is 112 Å². The van der Waals surface area contributed by atoms with Crippen LogP contribution < -0.4 is 11.1 Å². The molecule has 0 spiro atoms. The molecule has 0 saturated heterocycles. The van der Waals surface area contributed by atoms with E-state index in [1.54, 1.807) is 13.2 Å². The van der Waals surface area contributed by atoms with Crippen LogP contribution in [0.15, 0.2) is 30.5 Å². The van der Waals surface area contributed by atoms with Crippen molar-refractivity contribution in [2.75, 3.05) is 11.1 Å². The molecule has 1 amide bonds. The van der Waals surface area contributed by atoms with Crippen LogP contribution >= 0.6 is 22.6 Å². The van der Waals surface area contributed by atoms with Crippen molar-refractivity contribution in [1.29, 1.82) is 0 Å². The molecule has 0 fully saturated rings. The molecule has 0 aliphatic rings. The molecule has 88 valence electrons. The second-order valence-electron chi connectivity index (χ2n) is 3.57. The zero-order valence-electron chi connectivity index (χ0n) is 9.14. The van der Waals surface area contributed by atoms with Gasteiger partial charge in [-0.15, -0.1) is 0 Å². The number of nitrogens with two attached hydrogens (primary N) is 1. The number of nitrogens with zero attached hydrogens (tertiary/aromatic N) is 2. The van der Waals surface area contributed by atoms with Crippen LogP contribution in [0.3, 0.4) is 0 Å². The van der Waals surface area contributed by atoms with E-state index in [2.05, 4.69) is 33.0 Å². The highest BCUT2D eigenvalue weighted by atomic mass is 127. The quantitative estimate of drug-likeness (QED) is 0.819. The molecule has 0 saturated carbocycles. The van der Waals surface area contributed by atoms with Crippen molar-refractivity contribution in [3.63, 3.8) is 0 Å². The predicted octanol–water partition coefficient (Wildman–Crippen LogP) is 1.86. The fourth-order valence-corrected chi connectivity index (χ4v) is 1.77. The van der Waals surface area contributed by atoms with Crippen molar-refractivity contribution in [2.45, 2.75) is 0 Å². The van der Waals surface area contributed by atoms with Crippen LogP contribution in [-0.2, 0) is 7.05 Å². The third-order valence-electron chi connectivity index (χ3n) is 2.17. The van der Waals surface area contributed by atoms with Crippen LogP contribution in [0.4, 0.5) is 11.4 Å². The number of carbonyl (C=O) groups excluding carboxylic acids is 1. The highest BCUT2D eigenvalue weighted by Gasteiger charge is 2.13. The van der Waals surface area contributed by atoms with Gasteiger partial charge in [0.2, 0.25) is 0 Å². The van der Waals surface area contributed by atoms with Gasteiger partial charge in [-0.1, -0.05) is 0 Å². The van der Waals surface area contributed by atoms with Crippen LogP contribution in [0, 0.1) is 3.57 Å². The molecule has 0 aliphatic heterocycles. The molecule has 0 aliphatic carbocycles. The molecule has 0 unspecified atom stereocenters. The van der Waals surface area contributed by atoms with E-state index in [0.717, 1.165) is 9.26 Å². The van der Waals surface area contributed by atoms with Gasteiger partial charge in [0.1, 0.15) is 0 Å². The van der Waals surface area contributed by atoms with Crippen molar-refractivity contribution in [3.8, 4) is 0 Å². The molecule has 1 aromatic heterocycles. The van der Waals surface area contributed by atoms with Gasteiger partial charge < -0.3 is 11.1 Å². The number of aromatic nitrogens is 2. The smallest absolute Gasteiger partial charge is 0.278 e. The average Bonchev–Trinajstić information content (AvgIpc) is 2.61. The number of aryl methyl sites for hydroxylation is 1. The summed E-state index contributed by atoms with van der Waals surface area (Å²) in [6.45, 7) is 0. The number of carbonyl (C=O) groups is 1. The summed E-state index contributed by atoms with van der Waals surface area (Å²) in [5.74, 6) is -0.302. The second-order valence-corrected chi connectivity index (χ2v) is 4.81. The van der Waals surface area contributed by atoms with Crippen molar-refractivity contribution >= 4 is 39.9 Å². The van der Waals surface area contributed by atoms with Crippen LogP contribution in [0.5, 0.6) is 0 Å².